The molecule has 1 aromatic rings. The molecular formula is C3H3I2N2O-. The average molecular weight is 337 g/mol. The summed E-state index contributed by atoms with van der Waals surface area (Å²) in [4.78, 5) is 0. The molecule has 46 valence electrons. The fourth-order valence-corrected chi connectivity index (χ4v) is 3.33. The summed E-state index contributed by atoms with van der Waals surface area (Å²) < 4.78 is 5.77. The number of aromatic nitrogens is 2. The molecule has 0 atom stereocenters. The van der Waals surface area contributed by atoms with E-state index in [1.807, 2.05) is 6.92 Å². The van der Waals surface area contributed by atoms with Gasteiger partial charge in [0.2, 0.25) is 0 Å². The first-order valence-corrected chi connectivity index (χ1v) is 9.26. The van der Waals surface area contributed by atoms with Gasteiger partial charge in [0.25, 0.3) is 0 Å². The van der Waals surface area contributed by atoms with Crippen molar-refractivity contribution in [3.05, 3.63) is 9.46 Å². The molecule has 0 radical (unpaired) electrons. The van der Waals surface area contributed by atoms with Gasteiger partial charge in [0.15, 0.2) is 0 Å². The molecule has 0 aliphatic rings. The molecule has 5 heteroatoms. The van der Waals surface area contributed by atoms with Crippen LogP contribution in [-0.4, -0.2) is 10.4 Å². The first-order chi connectivity index (χ1) is 3.84. The fraction of sp³-hybridized carbons (Fsp3) is 0.333. The maximum atomic E-state index is 4.79. The molecule has 0 bridgehead atoms. The van der Waals surface area contributed by atoms with Crippen LogP contribution in [0.4, 0.5) is 0 Å². The number of nitrogens with zero attached hydrogens (tertiary/aromatic N) is 2. The van der Waals surface area contributed by atoms with Crippen molar-refractivity contribution < 1.29 is 21.8 Å². The van der Waals surface area contributed by atoms with Crippen LogP contribution in [0.15, 0.2) is 4.52 Å². The van der Waals surface area contributed by atoms with Crippen molar-refractivity contribution in [2.45, 2.75) is 6.92 Å². The van der Waals surface area contributed by atoms with Crippen LogP contribution in [0.5, 0.6) is 0 Å². The molecule has 1 heterocycles. The molecule has 1 rings (SSSR count). The van der Waals surface area contributed by atoms with E-state index in [0.29, 0.717) is 0 Å². The second kappa shape index (κ2) is 2.95. The quantitative estimate of drug-likeness (QED) is 0.556. The second-order valence-electron chi connectivity index (χ2n) is 1.20. The zero-order chi connectivity index (χ0) is 5.98. The van der Waals surface area contributed by atoms with E-state index in [2.05, 4.69) is 29.0 Å². The van der Waals surface area contributed by atoms with E-state index >= 15 is 0 Å². The molecule has 0 N–H and O–H groups in total. The van der Waals surface area contributed by atoms with Gasteiger partial charge in [-0.3, -0.25) is 0 Å². The summed E-state index contributed by atoms with van der Waals surface area (Å²) in [5, 5.41) is 7.08. The number of hydrogen-bond donors (Lipinski definition) is 0. The van der Waals surface area contributed by atoms with Crippen LogP contribution < -0.4 is 17.2 Å². The van der Waals surface area contributed by atoms with E-state index in [1.54, 1.807) is 0 Å². The Kier molecular flexibility index (Phi) is 2.47. The minimum absolute atomic E-state index is 0.00356. The third-order valence-corrected chi connectivity index (χ3v) is 4.49. The van der Waals surface area contributed by atoms with Crippen molar-refractivity contribution in [2.75, 3.05) is 0 Å². The van der Waals surface area contributed by atoms with Gasteiger partial charge in [-0.05, 0) is 0 Å². The molecule has 0 spiro atoms. The van der Waals surface area contributed by atoms with E-state index in [4.69, 9.17) is 4.52 Å². The molecule has 3 nitrogen and oxygen atoms in total. The van der Waals surface area contributed by atoms with Crippen LogP contribution in [-0.2, 0) is 0 Å². The Hall–Kier alpha value is 0.600. The first-order valence-electron chi connectivity index (χ1n) is 1.89. The summed E-state index contributed by atoms with van der Waals surface area (Å²) in [5.74, 6) is 0. The Balaban J connectivity index is 2.92. The molecule has 0 aromatic carbocycles. The van der Waals surface area contributed by atoms with Crippen molar-refractivity contribution in [1.82, 2.24) is 10.4 Å². The zero-order valence-electron chi connectivity index (χ0n) is 4.06. The van der Waals surface area contributed by atoms with Crippen LogP contribution in [0, 0.1) is 10.7 Å². The molecule has 8 heavy (non-hydrogen) atoms. The van der Waals surface area contributed by atoms with Gasteiger partial charge in [-0.25, -0.2) is 0 Å². The van der Waals surface area contributed by atoms with E-state index in [0.717, 1.165) is 9.46 Å². The molecule has 0 amide bonds. The van der Waals surface area contributed by atoms with Crippen molar-refractivity contribution in [2.24, 2.45) is 0 Å². The summed E-state index contributed by atoms with van der Waals surface area (Å²) in [7, 11) is 0. The summed E-state index contributed by atoms with van der Waals surface area (Å²) in [6, 6.07) is 0. The standard InChI is InChI=1S/C3H3I2N2O/c1-2-3(5-4)8-7-6-2/h1H3/q-1. The van der Waals surface area contributed by atoms with Gasteiger partial charge in [0.1, 0.15) is 0 Å². The van der Waals surface area contributed by atoms with Crippen molar-refractivity contribution in [1.29, 1.82) is 0 Å². The minimum atomic E-state index is 0.00356. The van der Waals surface area contributed by atoms with Crippen molar-refractivity contribution in [3.8, 4) is 0 Å². The monoisotopic (exact) mass is 337 g/mol. The van der Waals surface area contributed by atoms with Gasteiger partial charge >= 0.3 is 67.1 Å². The fourth-order valence-electron chi connectivity index (χ4n) is 0.288. The first kappa shape index (κ1) is 6.72. The summed E-state index contributed by atoms with van der Waals surface area (Å²) in [6.45, 7) is 1.91. The molecule has 0 aliphatic carbocycles. The Bertz CT molecular complexity index is 176. The second-order valence-corrected chi connectivity index (χ2v) is 5.33. The Morgan fingerprint density at radius 1 is 1.75 bits per heavy atom. The number of hydrogen-bond acceptors (Lipinski definition) is 3. The number of halogens is 2. The van der Waals surface area contributed by atoms with Crippen LogP contribution in [0.2, 0.25) is 0 Å². The summed E-state index contributed by atoms with van der Waals surface area (Å²) in [5.41, 5.74) is 0.937. The van der Waals surface area contributed by atoms with Gasteiger partial charge in [-0.1, -0.05) is 0 Å². The molecule has 0 fully saturated rings. The number of rotatable bonds is 1. The third-order valence-electron chi connectivity index (χ3n) is 0.661. The maximum absolute atomic E-state index is 4.79. The van der Waals surface area contributed by atoms with Crippen LogP contribution in [0.25, 0.3) is 0 Å². The number of aryl methyl sites for hydroxylation is 1. The van der Waals surface area contributed by atoms with E-state index in [-0.39, 0.29) is 17.2 Å². The molecule has 0 saturated heterocycles. The van der Waals surface area contributed by atoms with Crippen LogP contribution >= 0.6 is 18.6 Å². The normalized spacial score (nSPS) is 10.2. The van der Waals surface area contributed by atoms with Gasteiger partial charge in [0.05, 0.1) is 0 Å². The van der Waals surface area contributed by atoms with Gasteiger partial charge < -0.3 is 0 Å². The topological polar surface area (TPSA) is 38.9 Å². The SMILES string of the molecule is Cc1nnoc1[I-]I. The molecule has 0 saturated carbocycles. The summed E-state index contributed by atoms with van der Waals surface area (Å²) in [6.07, 6.45) is 0. The van der Waals surface area contributed by atoms with Gasteiger partial charge in [-0.2, -0.15) is 0 Å². The summed E-state index contributed by atoms with van der Waals surface area (Å²) >= 11 is 2.32. The Labute approximate surface area is 66.6 Å². The molecular weight excluding hydrogens is 334 g/mol. The Morgan fingerprint density at radius 2 is 2.50 bits per heavy atom. The van der Waals surface area contributed by atoms with Crippen molar-refractivity contribution >= 4 is 18.6 Å². The third kappa shape index (κ3) is 1.30. The van der Waals surface area contributed by atoms with E-state index in [9.17, 15) is 0 Å². The Morgan fingerprint density at radius 3 is 2.75 bits per heavy atom. The van der Waals surface area contributed by atoms with Gasteiger partial charge in [-0.15, -0.1) is 0 Å². The van der Waals surface area contributed by atoms with Crippen LogP contribution in [0.1, 0.15) is 5.69 Å². The van der Waals surface area contributed by atoms with E-state index < -0.39 is 0 Å². The average Bonchev–Trinajstić information content (AvgIpc) is 2.14. The van der Waals surface area contributed by atoms with Crippen molar-refractivity contribution in [3.63, 3.8) is 0 Å². The zero-order valence-corrected chi connectivity index (χ0v) is 8.37. The molecule has 0 aliphatic heterocycles. The van der Waals surface area contributed by atoms with E-state index in [1.165, 1.54) is 0 Å². The predicted molar refractivity (Wildman–Crippen MR) is 31.8 cm³/mol. The molecule has 1 aromatic heterocycles. The van der Waals surface area contributed by atoms with Gasteiger partial charge in [0, 0.05) is 0 Å². The predicted octanol–water partition coefficient (Wildman–Crippen LogP) is -2.01. The molecule has 0 unspecified atom stereocenters. The van der Waals surface area contributed by atoms with Crippen LogP contribution in [0.3, 0.4) is 0 Å².